The lowest BCUT2D eigenvalue weighted by Gasteiger charge is -2.15. The van der Waals surface area contributed by atoms with Crippen LogP contribution in [0, 0.1) is 11.3 Å². The summed E-state index contributed by atoms with van der Waals surface area (Å²) < 4.78 is 0. The number of hydrogen-bond acceptors (Lipinski definition) is 2. The van der Waals surface area contributed by atoms with Crippen LogP contribution in [-0.4, -0.2) is 0 Å². The second-order valence-corrected chi connectivity index (χ2v) is 5.10. The monoisotopic (exact) mass is 310 g/mol. The van der Waals surface area contributed by atoms with Gasteiger partial charge in [-0.2, -0.15) is 5.26 Å². The highest BCUT2D eigenvalue weighted by atomic mass is 35.5. The van der Waals surface area contributed by atoms with Crippen LogP contribution in [-0.2, 0) is 0 Å². The van der Waals surface area contributed by atoms with E-state index >= 15 is 0 Å². The highest BCUT2D eigenvalue weighted by Gasteiger charge is 2.15. The molecule has 2 aromatic rings. The number of nitrogens with zero attached hydrogens (tertiary/aromatic N) is 1. The molecule has 2 rings (SSSR count). The molecule has 96 valence electrons. The number of halogens is 3. The number of hydrogen-bond donors (Lipinski definition) is 1. The van der Waals surface area contributed by atoms with E-state index < -0.39 is 6.04 Å². The minimum absolute atomic E-state index is 0.443. The van der Waals surface area contributed by atoms with Crippen molar-refractivity contribution in [3.63, 3.8) is 0 Å². The standard InChI is InChI=1S/C14H9Cl3N2/c15-9-5-6-10(12(17)7-9)14(8-18)19-13-4-2-1-3-11(13)16/h1-7,14,19H. The number of nitrogens with one attached hydrogen (secondary N) is 1. The average molecular weight is 312 g/mol. The first-order chi connectivity index (χ1) is 9.11. The van der Waals surface area contributed by atoms with E-state index in [4.69, 9.17) is 34.8 Å². The average Bonchev–Trinajstić information content (AvgIpc) is 2.39. The van der Waals surface area contributed by atoms with E-state index in [1.807, 2.05) is 12.1 Å². The van der Waals surface area contributed by atoms with Crippen LogP contribution < -0.4 is 5.32 Å². The van der Waals surface area contributed by atoms with E-state index in [0.29, 0.717) is 26.3 Å². The zero-order chi connectivity index (χ0) is 13.8. The molecule has 0 bridgehead atoms. The van der Waals surface area contributed by atoms with Crippen molar-refractivity contribution in [3.05, 3.63) is 63.1 Å². The maximum Gasteiger partial charge on any atom is 0.141 e. The van der Waals surface area contributed by atoms with Crippen LogP contribution in [0.25, 0.3) is 0 Å². The molecular weight excluding hydrogens is 303 g/mol. The van der Waals surface area contributed by atoms with Crippen molar-refractivity contribution in [2.75, 3.05) is 5.32 Å². The van der Waals surface area contributed by atoms with E-state index in [9.17, 15) is 5.26 Å². The van der Waals surface area contributed by atoms with E-state index in [1.54, 1.807) is 30.3 Å². The van der Waals surface area contributed by atoms with Crippen LogP contribution in [0.4, 0.5) is 5.69 Å². The zero-order valence-corrected chi connectivity index (χ0v) is 12.0. The maximum absolute atomic E-state index is 9.28. The van der Waals surface area contributed by atoms with Gasteiger partial charge in [0, 0.05) is 15.6 Å². The molecule has 0 radical (unpaired) electrons. The second kappa shape index (κ2) is 6.16. The van der Waals surface area contributed by atoms with Crippen molar-refractivity contribution in [2.45, 2.75) is 6.04 Å². The normalized spacial score (nSPS) is 11.7. The Balaban J connectivity index is 2.31. The third-order valence-corrected chi connectivity index (χ3v) is 3.47. The second-order valence-electron chi connectivity index (χ2n) is 3.85. The van der Waals surface area contributed by atoms with E-state index in [-0.39, 0.29) is 0 Å². The van der Waals surface area contributed by atoms with Crippen molar-refractivity contribution >= 4 is 40.5 Å². The van der Waals surface area contributed by atoms with Gasteiger partial charge in [-0.25, -0.2) is 0 Å². The van der Waals surface area contributed by atoms with Crippen LogP contribution >= 0.6 is 34.8 Å². The molecular formula is C14H9Cl3N2. The molecule has 19 heavy (non-hydrogen) atoms. The molecule has 0 amide bonds. The van der Waals surface area contributed by atoms with Gasteiger partial charge in [-0.05, 0) is 24.3 Å². The molecule has 2 aromatic carbocycles. The van der Waals surface area contributed by atoms with Gasteiger partial charge < -0.3 is 5.32 Å². The minimum Gasteiger partial charge on any atom is -0.365 e. The Morgan fingerprint density at radius 2 is 1.74 bits per heavy atom. The predicted octanol–water partition coefficient (Wildman–Crippen LogP) is 5.32. The van der Waals surface area contributed by atoms with Gasteiger partial charge in [0.05, 0.1) is 16.8 Å². The van der Waals surface area contributed by atoms with Crippen LogP contribution in [0.3, 0.4) is 0 Å². The third-order valence-electron chi connectivity index (χ3n) is 2.58. The topological polar surface area (TPSA) is 35.8 Å². The van der Waals surface area contributed by atoms with Crippen LogP contribution in [0.15, 0.2) is 42.5 Å². The Hall–Kier alpha value is -1.40. The summed E-state index contributed by atoms with van der Waals surface area (Å²) in [5, 5.41) is 13.9. The fourth-order valence-corrected chi connectivity index (χ4v) is 2.36. The van der Waals surface area contributed by atoms with Gasteiger partial charge in [0.15, 0.2) is 0 Å². The Kier molecular flexibility index (Phi) is 4.55. The number of benzene rings is 2. The molecule has 2 nitrogen and oxygen atoms in total. The first kappa shape index (κ1) is 14.0. The molecule has 0 saturated heterocycles. The zero-order valence-electron chi connectivity index (χ0n) is 9.70. The Morgan fingerprint density at radius 1 is 1.00 bits per heavy atom. The minimum atomic E-state index is -0.593. The fraction of sp³-hybridized carbons (Fsp3) is 0.0714. The Labute approximate surface area is 126 Å². The van der Waals surface area contributed by atoms with Crippen molar-refractivity contribution in [1.29, 1.82) is 5.26 Å². The van der Waals surface area contributed by atoms with E-state index in [1.165, 1.54) is 0 Å². The van der Waals surface area contributed by atoms with Gasteiger partial charge in [-0.1, -0.05) is 53.0 Å². The maximum atomic E-state index is 9.28. The largest absolute Gasteiger partial charge is 0.365 e. The Morgan fingerprint density at radius 3 is 2.37 bits per heavy atom. The molecule has 1 N–H and O–H groups in total. The molecule has 0 fully saturated rings. The summed E-state index contributed by atoms with van der Waals surface area (Å²) in [7, 11) is 0. The van der Waals surface area contributed by atoms with Gasteiger partial charge in [-0.15, -0.1) is 0 Å². The third kappa shape index (κ3) is 3.33. The first-order valence-corrected chi connectivity index (χ1v) is 6.61. The lowest BCUT2D eigenvalue weighted by atomic mass is 10.1. The van der Waals surface area contributed by atoms with Gasteiger partial charge in [0.1, 0.15) is 6.04 Å². The Bertz CT molecular complexity index is 635. The summed E-state index contributed by atoms with van der Waals surface area (Å²) in [5.74, 6) is 0. The smallest absolute Gasteiger partial charge is 0.141 e. The number of nitriles is 1. The van der Waals surface area contributed by atoms with Gasteiger partial charge in [0.25, 0.3) is 0 Å². The number of rotatable bonds is 3. The molecule has 5 heteroatoms. The summed E-state index contributed by atoms with van der Waals surface area (Å²) in [6, 6.07) is 13.8. The first-order valence-electron chi connectivity index (χ1n) is 5.47. The summed E-state index contributed by atoms with van der Waals surface area (Å²) in [4.78, 5) is 0. The van der Waals surface area contributed by atoms with Crippen molar-refractivity contribution in [3.8, 4) is 6.07 Å². The molecule has 0 aliphatic heterocycles. The molecule has 0 aliphatic carbocycles. The van der Waals surface area contributed by atoms with Crippen molar-refractivity contribution < 1.29 is 0 Å². The summed E-state index contributed by atoms with van der Waals surface area (Å²) in [6.45, 7) is 0. The van der Waals surface area contributed by atoms with E-state index in [0.717, 1.165) is 0 Å². The molecule has 0 heterocycles. The molecule has 0 aliphatic rings. The van der Waals surface area contributed by atoms with Crippen LogP contribution in [0.5, 0.6) is 0 Å². The van der Waals surface area contributed by atoms with E-state index in [2.05, 4.69) is 11.4 Å². The molecule has 0 saturated carbocycles. The highest BCUT2D eigenvalue weighted by Crippen LogP contribution is 2.30. The molecule has 0 spiro atoms. The van der Waals surface area contributed by atoms with Crippen LogP contribution in [0.2, 0.25) is 15.1 Å². The van der Waals surface area contributed by atoms with Crippen molar-refractivity contribution in [1.82, 2.24) is 0 Å². The quantitative estimate of drug-likeness (QED) is 0.832. The van der Waals surface area contributed by atoms with Gasteiger partial charge in [-0.3, -0.25) is 0 Å². The molecule has 1 atom stereocenters. The number of anilines is 1. The van der Waals surface area contributed by atoms with Crippen molar-refractivity contribution in [2.24, 2.45) is 0 Å². The SMILES string of the molecule is N#CC(Nc1ccccc1Cl)c1ccc(Cl)cc1Cl. The predicted molar refractivity (Wildman–Crippen MR) is 79.9 cm³/mol. The fourth-order valence-electron chi connectivity index (χ4n) is 1.65. The molecule has 1 unspecified atom stereocenters. The summed E-state index contributed by atoms with van der Waals surface area (Å²) >= 11 is 18.0. The number of para-hydroxylation sites is 1. The van der Waals surface area contributed by atoms with Crippen LogP contribution in [0.1, 0.15) is 11.6 Å². The summed E-state index contributed by atoms with van der Waals surface area (Å²) in [6.07, 6.45) is 0. The highest BCUT2D eigenvalue weighted by molar-refractivity contribution is 6.35. The van der Waals surface area contributed by atoms with Gasteiger partial charge in [0.2, 0.25) is 0 Å². The lowest BCUT2D eigenvalue weighted by molar-refractivity contribution is 0.998. The lowest BCUT2D eigenvalue weighted by Crippen LogP contribution is -2.09. The molecule has 0 aromatic heterocycles. The summed E-state index contributed by atoms with van der Waals surface area (Å²) in [5.41, 5.74) is 1.34. The van der Waals surface area contributed by atoms with Gasteiger partial charge >= 0.3 is 0 Å².